The van der Waals surface area contributed by atoms with E-state index >= 15 is 0 Å². The van der Waals surface area contributed by atoms with Gasteiger partial charge in [-0.2, -0.15) is 0 Å². The van der Waals surface area contributed by atoms with Crippen LogP contribution in [0.3, 0.4) is 0 Å². The highest BCUT2D eigenvalue weighted by Crippen LogP contribution is 2.40. The van der Waals surface area contributed by atoms with Crippen LogP contribution in [0.15, 0.2) is 140 Å². The van der Waals surface area contributed by atoms with Crippen molar-refractivity contribution in [3.05, 3.63) is 168 Å². The first-order valence-electron chi connectivity index (χ1n) is 11.3. The van der Waals surface area contributed by atoms with Crippen molar-refractivity contribution >= 4 is 11.9 Å². The molecule has 0 N–H and O–H groups in total. The van der Waals surface area contributed by atoms with Gasteiger partial charge in [-0.3, -0.25) is 4.79 Å². The predicted molar refractivity (Wildman–Crippen MR) is 137 cm³/mol. The molecule has 0 spiro atoms. The molecule has 0 atom stereocenters. The Kier molecular flexibility index (Phi) is 6.00. The second-order valence-corrected chi connectivity index (χ2v) is 8.08. The second-order valence-electron chi connectivity index (χ2n) is 8.08. The largest absolute Gasteiger partial charge is 0.318 e. The standard InChI is InChI=1S/C31H24N2O/c34-30(25-13-5-1-6-14-25)22-21-29-23-33(24-32-29)31(26-15-7-2-8-16-26,27-17-9-3-10-18-27)28-19-11-4-12-20-28/h1-24H/b22-21+. The molecule has 0 aliphatic carbocycles. The molecule has 0 aliphatic rings. The first-order chi connectivity index (χ1) is 16.8. The number of imidazole rings is 1. The van der Waals surface area contributed by atoms with Crippen LogP contribution < -0.4 is 0 Å². The Morgan fingerprint density at radius 1 is 0.647 bits per heavy atom. The summed E-state index contributed by atoms with van der Waals surface area (Å²) in [6.45, 7) is 0. The lowest BCUT2D eigenvalue weighted by molar-refractivity contribution is 0.104. The monoisotopic (exact) mass is 440 g/mol. The van der Waals surface area contributed by atoms with E-state index in [4.69, 9.17) is 0 Å². The van der Waals surface area contributed by atoms with Gasteiger partial charge in [0.15, 0.2) is 5.78 Å². The van der Waals surface area contributed by atoms with Crippen molar-refractivity contribution < 1.29 is 4.79 Å². The molecule has 34 heavy (non-hydrogen) atoms. The van der Waals surface area contributed by atoms with Crippen LogP contribution in [0.4, 0.5) is 0 Å². The third-order valence-electron chi connectivity index (χ3n) is 6.03. The molecular formula is C31H24N2O. The highest BCUT2D eigenvalue weighted by atomic mass is 16.1. The van der Waals surface area contributed by atoms with Gasteiger partial charge < -0.3 is 4.57 Å². The summed E-state index contributed by atoms with van der Waals surface area (Å²) in [5.74, 6) is -0.0457. The molecule has 0 radical (unpaired) electrons. The Balaban J connectivity index is 1.65. The molecule has 3 nitrogen and oxygen atoms in total. The number of carbonyl (C=O) groups excluding carboxylic acids is 1. The number of hydrogen-bond donors (Lipinski definition) is 0. The Hall–Kier alpha value is -4.50. The van der Waals surface area contributed by atoms with Crippen molar-refractivity contribution in [2.24, 2.45) is 0 Å². The van der Waals surface area contributed by atoms with E-state index in [0.29, 0.717) is 5.56 Å². The van der Waals surface area contributed by atoms with Crippen molar-refractivity contribution in [3.63, 3.8) is 0 Å². The first kappa shape index (κ1) is 21.4. The molecule has 0 amide bonds. The zero-order chi connectivity index (χ0) is 23.2. The number of benzene rings is 4. The highest BCUT2D eigenvalue weighted by molar-refractivity contribution is 6.06. The fourth-order valence-corrected chi connectivity index (χ4v) is 4.45. The fraction of sp³-hybridized carbons (Fsp3) is 0.0323. The average molecular weight is 441 g/mol. The fourth-order valence-electron chi connectivity index (χ4n) is 4.45. The predicted octanol–water partition coefficient (Wildman–Crippen LogP) is 6.62. The summed E-state index contributed by atoms with van der Waals surface area (Å²) in [5.41, 5.74) is 4.13. The van der Waals surface area contributed by atoms with Crippen LogP contribution in [0.25, 0.3) is 6.08 Å². The number of aromatic nitrogens is 2. The molecule has 3 heteroatoms. The highest BCUT2D eigenvalue weighted by Gasteiger charge is 2.38. The molecule has 1 heterocycles. The number of allylic oxidation sites excluding steroid dienone is 1. The third-order valence-corrected chi connectivity index (χ3v) is 6.03. The van der Waals surface area contributed by atoms with Crippen molar-refractivity contribution in [3.8, 4) is 0 Å². The summed E-state index contributed by atoms with van der Waals surface area (Å²) in [5, 5.41) is 0. The Labute approximate surface area is 199 Å². The lowest BCUT2D eigenvalue weighted by Gasteiger charge is -2.37. The Morgan fingerprint density at radius 2 is 1.09 bits per heavy atom. The van der Waals surface area contributed by atoms with E-state index in [2.05, 4.69) is 82.3 Å². The smallest absolute Gasteiger partial charge is 0.185 e. The van der Waals surface area contributed by atoms with Crippen LogP contribution in [0, 0.1) is 0 Å². The molecule has 5 aromatic rings. The van der Waals surface area contributed by atoms with Crippen LogP contribution in [-0.2, 0) is 5.54 Å². The number of hydrogen-bond acceptors (Lipinski definition) is 2. The topological polar surface area (TPSA) is 34.9 Å². The number of ketones is 1. The van der Waals surface area contributed by atoms with Gasteiger partial charge >= 0.3 is 0 Å². The summed E-state index contributed by atoms with van der Waals surface area (Å²) in [7, 11) is 0. The van der Waals surface area contributed by atoms with E-state index in [1.165, 1.54) is 0 Å². The van der Waals surface area contributed by atoms with Crippen LogP contribution in [0.2, 0.25) is 0 Å². The molecule has 1 aromatic heterocycles. The van der Waals surface area contributed by atoms with Gasteiger partial charge in [-0.15, -0.1) is 0 Å². The maximum absolute atomic E-state index is 12.6. The zero-order valence-electron chi connectivity index (χ0n) is 18.7. The molecule has 4 aromatic carbocycles. The number of rotatable bonds is 7. The minimum atomic E-state index is -0.619. The molecule has 164 valence electrons. The minimum Gasteiger partial charge on any atom is -0.318 e. The van der Waals surface area contributed by atoms with Crippen LogP contribution in [-0.4, -0.2) is 15.3 Å². The van der Waals surface area contributed by atoms with Crippen molar-refractivity contribution in [2.45, 2.75) is 5.54 Å². The van der Waals surface area contributed by atoms with Crippen LogP contribution >= 0.6 is 0 Å². The lowest BCUT2D eigenvalue weighted by atomic mass is 9.77. The van der Waals surface area contributed by atoms with E-state index in [0.717, 1.165) is 22.4 Å². The van der Waals surface area contributed by atoms with Gasteiger partial charge in [-0.25, -0.2) is 4.98 Å². The summed E-state index contributed by atoms with van der Waals surface area (Å²) in [6, 6.07) is 40.6. The van der Waals surface area contributed by atoms with Gasteiger partial charge in [0.2, 0.25) is 0 Å². The molecule has 5 rings (SSSR count). The summed E-state index contributed by atoms with van der Waals surface area (Å²) in [4.78, 5) is 17.2. The zero-order valence-corrected chi connectivity index (χ0v) is 18.7. The average Bonchev–Trinajstić information content (AvgIpc) is 3.39. The summed E-state index contributed by atoms with van der Waals surface area (Å²) in [6.07, 6.45) is 7.20. The molecule has 0 aliphatic heterocycles. The number of carbonyl (C=O) groups is 1. The normalized spacial score (nSPS) is 11.5. The summed E-state index contributed by atoms with van der Waals surface area (Å²) >= 11 is 0. The maximum atomic E-state index is 12.6. The van der Waals surface area contributed by atoms with E-state index < -0.39 is 5.54 Å². The molecule has 0 saturated heterocycles. The van der Waals surface area contributed by atoms with Gasteiger partial charge in [0.1, 0.15) is 5.54 Å². The molecular weight excluding hydrogens is 416 g/mol. The quantitative estimate of drug-likeness (QED) is 0.162. The number of nitrogens with zero attached hydrogens (tertiary/aromatic N) is 2. The van der Waals surface area contributed by atoms with E-state index in [1.807, 2.05) is 61.1 Å². The lowest BCUT2D eigenvalue weighted by Crippen LogP contribution is -2.36. The molecule has 0 unspecified atom stereocenters. The van der Waals surface area contributed by atoms with Crippen molar-refractivity contribution in [2.75, 3.05) is 0 Å². The Bertz CT molecular complexity index is 1290. The van der Waals surface area contributed by atoms with Crippen LogP contribution in [0.1, 0.15) is 32.7 Å². The second kappa shape index (κ2) is 9.55. The van der Waals surface area contributed by atoms with Gasteiger partial charge in [-0.1, -0.05) is 121 Å². The SMILES string of the molecule is O=C(/C=C/c1cn(C(c2ccccc2)(c2ccccc2)c2ccccc2)cn1)c1ccccc1. The molecule has 0 fully saturated rings. The van der Waals surface area contributed by atoms with Gasteiger partial charge in [-0.05, 0) is 28.8 Å². The van der Waals surface area contributed by atoms with E-state index in [-0.39, 0.29) is 5.78 Å². The van der Waals surface area contributed by atoms with Gasteiger partial charge in [0.05, 0.1) is 12.0 Å². The van der Waals surface area contributed by atoms with Crippen molar-refractivity contribution in [1.29, 1.82) is 0 Å². The maximum Gasteiger partial charge on any atom is 0.185 e. The van der Waals surface area contributed by atoms with Gasteiger partial charge in [0, 0.05) is 11.8 Å². The van der Waals surface area contributed by atoms with Crippen LogP contribution in [0.5, 0.6) is 0 Å². The van der Waals surface area contributed by atoms with Gasteiger partial charge in [0.25, 0.3) is 0 Å². The Morgan fingerprint density at radius 3 is 1.56 bits per heavy atom. The summed E-state index contributed by atoms with van der Waals surface area (Å²) < 4.78 is 2.14. The first-order valence-corrected chi connectivity index (χ1v) is 11.3. The molecule has 0 bridgehead atoms. The minimum absolute atomic E-state index is 0.0457. The van der Waals surface area contributed by atoms with Crippen molar-refractivity contribution in [1.82, 2.24) is 9.55 Å². The molecule has 0 saturated carbocycles. The van der Waals surface area contributed by atoms with E-state index in [9.17, 15) is 4.79 Å². The van der Waals surface area contributed by atoms with E-state index in [1.54, 1.807) is 12.2 Å². The third kappa shape index (κ3) is 4.00.